The lowest BCUT2D eigenvalue weighted by atomic mass is 9.85. The SMILES string of the molecule is C=C[C@@H]1C[C@]1(NC(=O)[C@@H]1C[C@@H](Oc2nc3cc(OC)c(OC)cc3nc2-c2cccs2)CN1C(=O)[C@@H](NC(=O)Oc1cccs1)C(C)(C)C)C(=O)Nc1nn[nH]n1. The zero-order valence-electron chi connectivity index (χ0n) is 31.6. The van der Waals surface area contributed by atoms with Crippen LogP contribution in [0.5, 0.6) is 22.4 Å². The Morgan fingerprint density at radius 1 is 1.05 bits per heavy atom. The third kappa shape index (κ3) is 8.08. The number of H-pyrrole nitrogens is 1. The zero-order valence-corrected chi connectivity index (χ0v) is 33.2. The Bertz CT molecular complexity index is 2280. The van der Waals surface area contributed by atoms with E-state index in [4.69, 9.17) is 28.9 Å². The Morgan fingerprint density at radius 3 is 2.37 bits per heavy atom. The van der Waals surface area contributed by atoms with Crippen LogP contribution in [0.4, 0.5) is 10.7 Å². The number of thiophene rings is 2. The molecule has 5 aromatic rings. The third-order valence-corrected chi connectivity index (χ3v) is 11.3. The van der Waals surface area contributed by atoms with Gasteiger partial charge in [0.05, 0.1) is 36.7 Å². The molecule has 0 bridgehead atoms. The maximum Gasteiger partial charge on any atom is 0.414 e. The summed E-state index contributed by atoms with van der Waals surface area (Å²) in [5.41, 5.74) is -0.788. The van der Waals surface area contributed by atoms with Crippen LogP contribution in [-0.2, 0) is 14.4 Å². The van der Waals surface area contributed by atoms with Gasteiger partial charge in [-0.2, -0.15) is 5.21 Å². The lowest BCUT2D eigenvalue weighted by Gasteiger charge is -2.35. The molecule has 0 unspecified atom stereocenters. The van der Waals surface area contributed by atoms with Crippen molar-refractivity contribution in [3.05, 3.63) is 59.8 Å². The summed E-state index contributed by atoms with van der Waals surface area (Å²) in [4.78, 5) is 67.7. The van der Waals surface area contributed by atoms with Crippen molar-refractivity contribution in [1.82, 2.24) is 46.1 Å². The second-order valence-corrected chi connectivity index (χ2v) is 16.4. The number of nitrogens with one attached hydrogen (secondary N) is 4. The number of carbonyl (C=O) groups excluding carboxylic acids is 4. The maximum atomic E-state index is 14.7. The number of benzene rings is 1. The fourth-order valence-electron chi connectivity index (χ4n) is 6.70. The first-order chi connectivity index (χ1) is 27.3. The number of nitrogens with zero attached hydrogens (tertiary/aromatic N) is 6. The van der Waals surface area contributed by atoms with Gasteiger partial charge < -0.3 is 34.5 Å². The Labute approximate surface area is 334 Å². The van der Waals surface area contributed by atoms with Crippen molar-refractivity contribution in [2.45, 2.75) is 57.3 Å². The number of fused-ring (bicyclic) bond motifs is 1. The van der Waals surface area contributed by atoms with E-state index in [1.165, 1.54) is 41.8 Å². The van der Waals surface area contributed by atoms with E-state index < -0.39 is 58.9 Å². The van der Waals surface area contributed by atoms with Gasteiger partial charge in [0.15, 0.2) is 16.6 Å². The topological polar surface area (TPSA) is 225 Å². The van der Waals surface area contributed by atoms with Crippen LogP contribution in [0.3, 0.4) is 0 Å². The number of hydrogen-bond acceptors (Lipinski definition) is 15. The van der Waals surface area contributed by atoms with Gasteiger partial charge >= 0.3 is 6.09 Å². The molecule has 4 amide bonds. The van der Waals surface area contributed by atoms with Crippen molar-refractivity contribution in [2.75, 3.05) is 26.1 Å². The minimum Gasteiger partial charge on any atom is -0.493 e. The summed E-state index contributed by atoms with van der Waals surface area (Å²) in [7, 11) is 3.05. The predicted molar refractivity (Wildman–Crippen MR) is 209 cm³/mol. The van der Waals surface area contributed by atoms with Crippen LogP contribution in [0.2, 0.25) is 0 Å². The highest BCUT2D eigenvalue weighted by Crippen LogP contribution is 2.46. The Kier molecular flexibility index (Phi) is 10.8. The number of methoxy groups -OCH3 is 2. The fraction of sp³-hybridized carbons (Fsp3) is 0.378. The molecule has 1 aliphatic carbocycles. The maximum absolute atomic E-state index is 14.7. The summed E-state index contributed by atoms with van der Waals surface area (Å²) in [5.74, 6) is -1.15. The van der Waals surface area contributed by atoms with Crippen LogP contribution in [0, 0.1) is 11.3 Å². The number of rotatable bonds is 13. The van der Waals surface area contributed by atoms with Crippen molar-refractivity contribution >= 4 is 63.5 Å². The molecule has 57 heavy (non-hydrogen) atoms. The van der Waals surface area contributed by atoms with Crippen molar-refractivity contribution < 1.29 is 38.1 Å². The highest BCUT2D eigenvalue weighted by Gasteiger charge is 2.61. The molecule has 5 heterocycles. The number of carbonyl (C=O) groups is 4. The molecule has 0 radical (unpaired) electrons. The second kappa shape index (κ2) is 15.8. The predicted octanol–water partition coefficient (Wildman–Crippen LogP) is 4.20. The number of tetrazole rings is 1. The Hall–Kier alpha value is -6.15. The quantitative estimate of drug-likeness (QED) is 0.123. The van der Waals surface area contributed by atoms with Crippen molar-refractivity contribution in [3.8, 4) is 33.0 Å². The van der Waals surface area contributed by atoms with Crippen LogP contribution in [-0.4, -0.2) is 104 Å². The average Bonchev–Trinajstić information content (AvgIpc) is 3.86. The van der Waals surface area contributed by atoms with Gasteiger partial charge in [-0.15, -0.1) is 34.4 Å². The van der Waals surface area contributed by atoms with Crippen LogP contribution in [0.25, 0.3) is 21.6 Å². The molecule has 4 aromatic heterocycles. The summed E-state index contributed by atoms with van der Waals surface area (Å²) in [6, 6.07) is 8.25. The number of aromatic nitrogens is 6. The molecule has 298 valence electrons. The summed E-state index contributed by atoms with van der Waals surface area (Å²) >= 11 is 2.66. The normalized spacial score (nSPS) is 20.6. The molecule has 5 atom stereocenters. The van der Waals surface area contributed by atoms with Crippen molar-refractivity contribution in [1.29, 1.82) is 0 Å². The number of hydrogen-bond donors (Lipinski definition) is 4. The number of ether oxygens (including phenoxy) is 4. The molecule has 1 aliphatic heterocycles. The minimum absolute atomic E-state index is 0.00487. The van der Waals surface area contributed by atoms with Gasteiger partial charge in [-0.05, 0) is 46.0 Å². The van der Waals surface area contributed by atoms with Gasteiger partial charge in [0.25, 0.3) is 11.9 Å². The molecule has 1 aromatic carbocycles. The Balaban J connectivity index is 1.22. The van der Waals surface area contributed by atoms with E-state index in [2.05, 4.69) is 43.2 Å². The summed E-state index contributed by atoms with van der Waals surface area (Å²) in [6.45, 7) is 9.13. The van der Waals surface area contributed by atoms with E-state index in [1.807, 2.05) is 17.5 Å². The smallest absolute Gasteiger partial charge is 0.414 e. The molecule has 1 saturated carbocycles. The standard InChI is InChI=1S/C37H40N10O8S2/c1-7-19-17-37(19,33(50)41-34-43-45-46-44-34)42-30(48)23-14-20(18-47(23)32(49)29(36(2,3)4)40-35(51)55-27-11-9-13-57-27)54-31-28(26-10-8-12-56-26)38-21-15-24(52-5)25(53-6)16-22(21)39-31/h7-13,15-16,19-20,23,29H,1,14,17-18H2,2-6H3,(H,40,51)(H,42,48)(H2,41,43,44,45,46,50)/t19-,20-,23+,29-,37-/m1/s1. The molecule has 20 heteroatoms. The van der Waals surface area contributed by atoms with Crippen molar-refractivity contribution in [2.24, 2.45) is 11.3 Å². The molecule has 2 fully saturated rings. The lowest BCUT2D eigenvalue weighted by Crippen LogP contribution is -2.59. The van der Waals surface area contributed by atoms with Gasteiger partial charge in [0.1, 0.15) is 29.4 Å². The first-order valence-electron chi connectivity index (χ1n) is 17.8. The van der Waals surface area contributed by atoms with E-state index in [0.717, 1.165) is 4.88 Å². The van der Waals surface area contributed by atoms with E-state index in [9.17, 15) is 19.2 Å². The molecular weight excluding hydrogens is 777 g/mol. The first-order valence-corrected chi connectivity index (χ1v) is 19.6. The molecule has 4 N–H and O–H groups in total. The monoisotopic (exact) mass is 816 g/mol. The van der Waals surface area contributed by atoms with Crippen LogP contribution in [0.1, 0.15) is 33.6 Å². The summed E-state index contributed by atoms with van der Waals surface area (Å²) < 4.78 is 23.1. The highest BCUT2D eigenvalue weighted by molar-refractivity contribution is 7.13. The number of aromatic amines is 1. The zero-order chi connectivity index (χ0) is 40.5. The first kappa shape index (κ1) is 39.1. The van der Waals surface area contributed by atoms with Gasteiger partial charge in [-0.3, -0.25) is 19.7 Å². The summed E-state index contributed by atoms with van der Waals surface area (Å²) in [5, 5.41) is 25.5. The number of anilines is 1. The van der Waals surface area contributed by atoms with Gasteiger partial charge in [-0.1, -0.05) is 38.0 Å². The van der Waals surface area contributed by atoms with Gasteiger partial charge in [0, 0.05) is 24.5 Å². The molecule has 1 saturated heterocycles. The highest BCUT2D eigenvalue weighted by atomic mass is 32.1. The van der Waals surface area contributed by atoms with E-state index in [1.54, 1.807) is 56.5 Å². The van der Waals surface area contributed by atoms with Crippen LogP contribution < -0.4 is 34.9 Å². The molecule has 18 nitrogen and oxygen atoms in total. The molecule has 2 aliphatic rings. The lowest BCUT2D eigenvalue weighted by molar-refractivity contribution is -0.142. The average molecular weight is 817 g/mol. The molecule has 0 spiro atoms. The number of amides is 4. The van der Waals surface area contributed by atoms with Gasteiger partial charge in [0.2, 0.25) is 17.7 Å². The van der Waals surface area contributed by atoms with Crippen LogP contribution >= 0.6 is 22.7 Å². The van der Waals surface area contributed by atoms with Gasteiger partial charge in [-0.25, -0.2) is 14.8 Å². The molecular formula is C37H40N10O8S2. The van der Waals surface area contributed by atoms with Crippen molar-refractivity contribution in [3.63, 3.8) is 0 Å². The fourth-order valence-corrected chi connectivity index (χ4v) is 7.97. The second-order valence-electron chi connectivity index (χ2n) is 14.5. The minimum atomic E-state index is -1.39. The third-order valence-electron chi connectivity index (χ3n) is 9.70. The largest absolute Gasteiger partial charge is 0.493 e. The number of likely N-dealkylation sites (tertiary alicyclic amines) is 1. The summed E-state index contributed by atoms with van der Waals surface area (Å²) in [6.07, 6.45) is 0.214. The van der Waals surface area contributed by atoms with Crippen LogP contribution in [0.15, 0.2) is 59.8 Å². The van der Waals surface area contributed by atoms with E-state index in [-0.39, 0.29) is 31.2 Å². The Morgan fingerprint density at radius 2 is 1.77 bits per heavy atom. The molecule has 7 rings (SSSR count). The van der Waals surface area contributed by atoms with E-state index in [0.29, 0.717) is 33.3 Å². The van der Waals surface area contributed by atoms with E-state index >= 15 is 0 Å².